The summed E-state index contributed by atoms with van der Waals surface area (Å²) in [5.74, 6) is -3.22. The van der Waals surface area contributed by atoms with E-state index in [2.05, 4.69) is 5.32 Å². The van der Waals surface area contributed by atoms with Gasteiger partial charge in [-0.25, -0.2) is 9.18 Å². The number of esters is 1. The first-order chi connectivity index (χ1) is 19.6. The molecule has 0 heterocycles. The van der Waals surface area contributed by atoms with Crippen molar-refractivity contribution in [2.24, 2.45) is 28.6 Å². The van der Waals surface area contributed by atoms with Crippen molar-refractivity contribution in [3.8, 4) is 0 Å². The Morgan fingerprint density at radius 1 is 1.10 bits per heavy atom. The zero-order valence-electron chi connectivity index (χ0n) is 25.0. The molecule has 1 aromatic rings. The number of fused-ring (bicyclic) bond motifs is 5. The van der Waals surface area contributed by atoms with Crippen LogP contribution < -0.4 is 5.32 Å². The number of aliphatic hydroxyl groups excluding tert-OH is 1. The molecule has 2 unspecified atom stereocenters. The van der Waals surface area contributed by atoms with E-state index in [4.69, 9.17) is 9.47 Å². The van der Waals surface area contributed by atoms with E-state index in [1.54, 1.807) is 6.92 Å². The molecule has 0 spiro atoms. The van der Waals surface area contributed by atoms with E-state index in [-0.39, 0.29) is 24.0 Å². The number of carbonyl (C=O) groups is 4. The summed E-state index contributed by atoms with van der Waals surface area (Å²) in [7, 11) is 0. The molecule has 8 nitrogen and oxygen atoms in total. The van der Waals surface area contributed by atoms with Gasteiger partial charge in [0.05, 0.1) is 17.6 Å². The number of hydrogen-bond donors (Lipinski definition) is 2. The number of ether oxygens (including phenoxy) is 2. The highest BCUT2D eigenvalue weighted by Gasteiger charge is 2.78. The fraction of sp³-hybridized carbons (Fsp3) is 0.576. The highest BCUT2D eigenvalue weighted by molar-refractivity contribution is 6.02. The van der Waals surface area contributed by atoms with Gasteiger partial charge in [0, 0.05) is 30.3 Å². The van der Waals surface area contributed by atoms with E-state index < -0.39 is 63.8 Å². The van der Waals surface area contributed by atoms with Gasteiger partial charge < -0.3 is 19.9 Å². The zero-order chi connectivity index (χ0) is 30.8. The SMILES string of the molecule is CC(=O)OC1=CC(=O)C=C2CC[C@H]3[C@@H]4CC(C)[C@](OC(=O)N[C@H](C)c5ccccc5)(C(C)=O)[C@@]4(C)CC(O)[C@]3(F)[C@]21C. The van der Waals surface area contributed by atoms with Gasteiger partial charge in [-0.05, 0) is 69.6 Å². The third kappa shape index (κ3) is 4.02. The molecule has 1 amide bonds. The molecule has 9 atom stereocenters. The molecule has 1 aromatic carbocycles. The summed E-state index contributed by atoms with van der Waals surface area (Å²) >= 11 is 0. The maximum Gasteiger partial charge on any atom is 0.408 e. The minimum absolute atomic E-state index is 0.109. The lowest BCUT2D eigenvalue weighted by molar-refractivity contribution is -0.224. The van der Waals surface area contributed by atoms with Crippen molar-refractivity contribution >= 4 is 23.6 Å². The van der Waals surface area contributed by atoms with Crippen LogP contribution in [0, 0.1) is 28.6 Å². The van der Waals surface area contributed by atoms with Crippen molar-refractivity contribution < 1.29 is 38.1 Å². The van der Waals surface area contributed by atoms with Crippen LogP contribution in [0.25, 0.3) is 0 Å². The first-order valence-corrected chi connectivity index (χ1v) is 14.7. The number of rotatable bonds is 5. The van der Waals surface area contributed by atoms with Crippen LogP contribution in [0.5, 0.6) is 0 Å². The largest absolute Gasteiger partial charge is 0.434 e. The quantitative estimate of drug-likeness (QED) is 0.453. The van der Waals surface area contributed by atoms with E-state index in [0.717, 1.165) is 11.6 Å². The molecule has 5 rings (SSSR count). The molecule has 0 aliphatic heterocycles. The Hall–Kier alpha value is -3.33. The second-order valence-corrected chi connectivity index (χ2v) is 13.1. The molecular formula is C33H40FNO7. The Morgan fingerprint density at radius 2 is 1.76 bits per heavy atom. The third-order valence-electron chi connectivity index (χ3n) is 11.0. The van der Waals surface area contributed by atoms with Gasteiger partial charge in [-0.2, -0.15) is 0 Å². The molecule has 0 saturated heterocycles. The molecule has 0 radical (unpaired) electrons. The van der Waals surface area contributed by atoms with Crippen molar-refractivity contribution in [2.75, 3.05) is 0 Å². The summed E-state index contributed by atoms with van der Waals surface area (Å²) in [6.07, 6.45) is 1.04. The van der Waals surface area contributed by atoms with Crippen molar-refractivity contribution in [1.29, 1.82) is 0 Å². The minimum Gasteiger partial charge on any atom is -0.434 e. The number of benzene rings is 1. The maximum atomic E-state index is 17.9. The summed E-state index contributed by atoms with van der Waals surface area (Å²) in [5, 5.41) is 14.6. The number of carbonyl (C=O) groups excluding carboxylic acids is 4. The van der Waals surface area contributed by atoms with E-state index in [1.165, 1.54) is 19.9 Å². The van der Waals surface area contributed by atoms with Crippen molar-refractivity contribution in [1.82, 2.24) is 5.32 Å². The van der Waals surface area contributed by atoms with Crippen LogP contribution in [0.2, 0.25) is 0 Å². The van der Waals surface area contributed by atoms with Crippen LogP contribution in [0.4, 0.5) is 9.18 Å². The monoisotopic (exact) mass is 581 g/mol. The molecule has 0 aromatic heterocycles. The van der Waals surface area contributed by atoms with Crippen molar-refractivity contribution in [2.45, 2.75) is 90.6 Å². The van der Waals surface area contributed by atoms with Gasteiger partial charge in [0.15, 0.2) is 22.8 Å². The molecule has 4 aliphatic carbocycles. The van der Waals surface area contributed by atoms with E-state index in [9.17, 15) is 24.3 Å². The van der Waals surface area contributed by atoms with Gasteiger partial charge in [-0.1, -0.05) is 44.2 Å². The number of nitrogens with one attached hydrogen (secondary N) is 1. The van der Waals surface area contributed by atoms with Crippen LogP contribution in [0.3, 0.4) is 0 Å². The molecule has 3 saturated carbocycles. The molecule has 0 bridgehead atoms. The van der Waals surface area contributed by atoms with Crippen molar-refractivity contribution in [3.05, 3.63) is 59.4 Å². The summed E-state index contributed by atoms with van der Waals surface area (Å²) < 4.78 is 29.5. The highest BCUT2D eigenvalue weighted by atomic mass is 19.1. The average molecular weight is 582 g/mol. The first kappa shape index (κ1) is 30.1. The average Bonchev–Trinajstić information content (AvgIpc) is 3.12. The normalized spacial score (nSPS) is 39.5. The van der Waals surface area contributed by atoms with Gasteiger partial charge in [-0.15, -0.1) is 0 Å². The van der Waals surface area contributed by atoms with E-state index >= 15 is 4.39 Å². The Kier molecular flexibility index (Phi) is 7.28. The number of hydrogen-bond acceptors (Lipinski definition) is 7. The van der Waals surface area contributed by atoms with E-state index in [1.807, 2.05) is 51.1 Å². The number of halogens is 1. The molecule has 226 valence electrons. The molecule has 3 fully saturated rings. The number of alkyl halides is 1. The Labute approximate surface area is 245 Å². The van der Waals surface area contributed by atoms with Gasteiger partial charge in [0.25, 0.3) is 0 Å². The topological polar surface area (TPSA) is 119 Å². The Bertz CT molecular complexity index is 1390. The van der Waals surface area contributed by atoms with E-state index in [0.29, 0.717) is 24.8 Å². The number of alkyl carbamates (subject to hydrolysis) is 1. The number of allylic oxidation sites excluding steroid dienone is 3. The van der Waals surface area contributed by atoms with Gasteiger partial charge in [0.1, 0.15) is 5.76 Å². The molecule has 9 heteroatoms. The highest BCUT2D eigenvalue weighted by Crippen LogP contribution is 2.72. The predicted octanol–water partition coefficient (Wildman–Crippen LogP) is 5.31. The predicted molar refractivity (Wildman–Crippen MR) is 151 cm³/mol. The standard InChI is InChI=1S/C33H40FNO7/c1-18-14-26-25-13-12-23-15-24(38)16-28(41-21(4)37)31(23,6)32(25,34)27(39)17-30(26,5)33(18,20(3)36)42-29(40)35-19(2)22-10-8-7-9-11-22/h7-11,15-16,18-19,25-27,39H,12-14,17H2,1-6H3,(H,35,40)/t18?,19-,25+,26+,27?,30+,31-,32+,33+/m1/s1. The van der Waals surface area contributed by atoms with Gasteiger partial charge in [-0.3, -0.25) is 14.4 Å². The molecular weight excluding hydrogens is 541 g/mol. The summed E-state index contributed by atoms with van der Waals surface area (Å²) in [4.78, 5) is 51.5. The first-order valence-electron chi connectivity index (χ1n) is 14.7. The van der Waals surface area contributed by atoms with Crippen LogP contribution in [0.15, 0.2) is 53.8 Å². The van der Waals surface area contributed by atoms with Gasteiger partial charge in [0.2, 0.25) is 0 Å². The Balaban J connectivity index is 1.53. The lowest BCUT2D eigenvalue weighted by Gasteiger charge is -2.63. The fourth-order valence-electron chi connectivity index (χ4n) is 9.12. The van der Waals surface area contributed by atoms with Crippen LogP contribution in [-0.4, -0.2) is 46.1 Å². The second kappa shape index (κ2) is 10.1. The smallest absolute Gasteiger partial charge is 0.408 e. The second-order valence-electron chi connectivity index (χ2n) is 13.1. The molecule has 42 heavy (non-hydrogen) atoms. The van der Waals surface area contributed by atoms with Crippen LogP contribution in [0.1, 0.15) is 78.8 Å². The number of Topliss-reactive ketones (excluding diaryl/α,β-unsaturated/α-hetero) is 1. The van der Waals surface area contributed by atoms with Gasteiger partial charge >= 0.3 is 12.1 Å². The number of aliphatic hydroxyl groups is 1. The van der Waals surface area contributed by atoms with Crippen LogP contribution in [-0.2, 0) is 23.9 Å². The molecule has 2 N–H and O–H groups in total. The summed E-state index contributed by atoms with van der Waals surface area (Å²) in [6.45, 7) is 9.64. The fourth-order valence-corrected chi connectivity index (χ4v) is 9.12. The lowest BCUT2D eigenvalue weighted by atomic mass is 9.44. The van der Waals surface area contributed by atoms with Crippen LogP contribution >= 0.6 is 0 Å². The minimum atomic E-state index is -2.31. The lowest BCUT2D eigenvalue weighted by Crippen LogP contribution is -2.70. The zero-order valence-corrected chi connectivity index (χ0v) is 25.0. The summed E-state index contributed by atoms with van der Waals surface area (Å²) in [5.41, 5.74) is -5.22. The maximum absolute atomic E-state index is 17.9. The third-order valence-corrected chi connectivity index (χ3v) is 11.0. The summed E-state index contributed by atoms with van der Waals surface area (Å²) in [6, 6.07) is 8.97. The Morgan fingerprint density at radius 3 is 2.38 bits per heavy atom. The number of ketones is 2. The van der Waals surface area contributed by atoms with Crippen molar-refractivity contribution in [3.63, 3.8) is 0 Å². The number of amides is 1. The molecule has 4 aliphatic rings.